The minimum absolute atomic E-state index is 0.363. The van der Waals surface area contributed by atoms with E-state index in [1.54, 1.807) is 42.5 Å². The lowest BCUT2D eigenvalue weighted by Gasteiger charge is -2.01. The van der Waals surface area contributed by atoms with Crippen LogP contribution in [0.2, 0.25) is 0 Å². The monoisotopic (exact) mass is 380 g/mol. The quantitative estimate of drug-likeness (QED) is 0.235. The molecule has 3 aromatic rings. The molecular weight excluding hydrogens is 368 g/mol. The summed E-state index contributed by atoms with van der Waals surface area (Å²) in [6.45, 7) is 1.89. The zero-order chi connectivity index (χ0) is 18.8. The van der Waals surface area contributed by atoms with Gasteiger partial charge in [-0.15, -0.1) is 13.2 Å². The van der Waals surface area contributed by atoms with Gasteiger partial charge in [0.25, 0.3) is 0 Å². The van der Waals surface area contributed by atoms with E-state index in [4.69, 9.17) is 0 Å². The van der Waals surface area contributed by atoms with Crippen molar-refractivity contribution in [1.82, 2.24) is 0 Å². The molecule has 0 fully saturated rings. The molecule has 0 saturated heterocycles. The van der Waals surface area contributed by atoms with E-state index < -0.39 is 23.2 Å². The summed E-state index contributed by atoms with van der Waals surface area (Å²) < 4.78 is 79.7. The van der Waals surface area contributed by atoms with Gasteiger partial charge in [0.15, 0.2) is 9.58 Å². The van der Waals surface area contributed by atoms with Gasteiger partial charge in [-0.25, -0.2) is 0 Å². The van der Waals surface area contributed by atoms with E-state index in [2.05, 4.69) is 0 Å². The minimum atomic E-state index is -6.00. The van der Waals surface area contributed by atoms with Crippen molar-refractivity contribution in [2.24, 2.45) is 0 Å². The highest BCUT2D eigenvalue weighted by Crippen LogP contribution is 2.54. The molecule has 9 heteroatoms. The summed E-state index contributed by atoms with van der Waals surface area (Å²) in [6, 6.07) is 15.7. The van der Waals surface area contributed by atoms with Crippen LogP contribution in [0.3, 0.4) is 0 Å². The van der Waals surface area contributed by atoms with Crippen LogP contribution >= 0.6 is 10.5 Å². The maximum absolute atomic E-state index is 13.4. The Kier molecular flexibility index (Phi) is 5.46. The van der Waals surface area contributed by atoms with E-state index >= 15 is 0 Å². The fourth-order valence-corrected chi connectivity index (χ4v) is 4.27. The van der Waals surface area contributed by atoms with E-state index in [1.165, 1.54) is 0 Å². The molecule has 0 amide bonds. The number of hydrogen-bond acceptors (Lipinski definition) is 0. The Morgan fingerprint density at radius 1 is 0.840 bits per heavy atom. The summed E-state index contributed by atoms with van der Waals surface area (Å²) in [5, 5.41) is 0.671. The summed E-state index contributed by atoms with van der Waals surface area (Å²) in [4.78, 5) is 0.363. The molecular formula is C16H12BF7S. The van der Waals surface area contributed by atoms with Crippen LogP contribution in [0.5, 0.6) is 0 Å². The third-order valence-electron chi connectivity index (χ3n) is 3.18. The van der Waals surface area contributed by atoms with Gasteiger partial charge < -0.3 is 17.3 Å². The summed E-state index contributed by atoms with van der Waals surface area (Å²) >= 11 is 0. The fourth-order valence-electron chi connectivity index (χ4n) is 2.35. The van der Waals surface area contributed by atoms with Crippen LogP contribution < -0.4 is 0 Å². The molecule has 0 nitrogen and oxygen atoms in total. The van der Waals surface area contributed by atoms with E-state index in [0.717, 1.165) is 5.56 Å². The summed E-state index contributed by atoms with van der Waals surface area (Å²) in [6.07, 6.45) is 0. The van der Waals surface area contributed by atoms with E-state index in [0.29, 0.717) is 20.5 Å². The zero-order valence-corrected chi connectivity index (χ0v) is 13.6. The molecule has 0 aliphatic heterocycles. The average molecular weight is 380 g/mol. The van der Waals surface area contributed by atoms with Crippen molar-refractivity contribution in [3.63, 3.8) is 0 Å². The molecule has 0 spiro atoms. The van der Waals surface area contributed by atoms with Crippen molar-refractivity contribution in [2.75, 3.05) is 0 Å². The van der Waals surface area contributed by atoms with Crippen LogP contribution in [0.1, 0.15) is 5.56 Å². The van der Waals surface area contributed by atoms with Gasteiger partial charge in [0.2, 0.25) is 0 Å². The SMILES string of the molecule is Cc1cccc(-c2cc3ccccc3[s+]2C(F)(F)F)c1.F[B-](F)(F)F. The first-order chi connectivity index (χ1) is 11.5. The topological polar surface area (TPSA) is 0 Å². The molecule has 1 unspecified atom stereocenters. The molecule has 0 N–H and O–H groups in total. The Morgan fingerprint density at radius 2 is 1.44 bits per heavy atom. The third-order valence-corrected chi connectivity index (χ3v) is 5.25. The second-order valence-electron chi connectivity index (χ2n) is 5.16. The summed E-state index contributed by atoms with van der Waals surface area (Å²) in [5.74, 6) is 0. The number of rotatable bonds is 1. The molecule has 1 heterocycles. The summed E-state index contributed by atoms with van der Waals surface area (Å²) in [5.41, 5.74) is -2.63. The van der Waals surface area contributed by atoms with Gasteiger partial charge in [-0.2, -0.15) is 0 Å². The molecule has 1 atom stereocenters. The fraction of sp³-hybridized carbons (Fsp3) is 0.125. The Bertz CT molecular complexity index is 859. The lowest BCUT2D eigenvalue weighted by molar-refractivity contribution is -0.0864. The molecule has 25 heavy (non-hydrogen) atoms. The highest BCUT2D eigenvalue weighted by molar-refractivity contribution is 7.41. The number of aryl methyl sites for hydroxylation is 1. The molecule has 0 bridgehead atoms. The van der Waals surface area contributed by atoms with Crippen LogP contribution in [-0.2, 0) is 5.51 Å². The first-order valence-corrected chi connectivity index (χ1v) is 8.25. The third kappa shape index (κ3) is 5.22. The van der Waals surface area contributed by atoms with Gasteiger partial charge in [0.1, 0.15) is 10.5 Å². The van der Waals surface area contributed by atoms with Crippen molar-refractivity contribution in [3.05, 3.63) is 60.2 Å². The molecule has 1 aromatic heterocycles. The Morgan fingerprint density at radius 3 is 2.00 bits per heavy atom. The lowest BCUT2D eigenvalue weighted by atomic mass is 10.1. The van der Waals surface area contributed by atoms with Crippen molar-refractivity contribution in [2.45, 2.75) is 12.4 Å². The number of fused-ring (bicyclic) bond motifs is 1. The first kappa shape index (κ1) is 19.3. The molecule has 0 saturated carbocycles. The van der Waals surface area contributed by atoms with E-state index in [9.17, 15) is 30.4 Å². The molecule has 2 aromatic carbocycles. The lowest BCUT2D eigenvalue weighted by Crippen LogP contribution is -2.02. The molecule has 0 aliphatic rings. The predicted molar refractivity (Wildman–Crippen MR) is 88.1 cm³/mol. The van der Waals surface area contributed by atoms with Crippen molar-refractivity contribution in [3.8, 4) is 10.4 Å². The number of alkyl halides is 3. The number of benzene rings is 2. The van der Waals surface area contributed by atoms with Gasteiger partial charge in [-0.1, -0.05) is 29.8 Å². The maximum atomic E-state index is 13.4. The number of halogens is 7. The average Bonchev–Trinajstić information content (AvgIpc) is 2.85. The Balaban J connectivity index is 0.000000399. The van der Waals surface area contributed by atoms with Crippen molar-refractivity contribution >= 4 is 27.8 Å². The van der Waals surface area contributed by atoms with Gasteiger partial charge in [-0.3, -0.25) is 0 Å². The largest absolute Gasteiger partial charge is 0.673 e. The normalized spacial score (nSPS) is 12.7. The molecule has 3 rings (SSSR count). The minimum Gasteiger partial charge on any atom is -0.418 e. The van der Waals surface area contributed by atoms with Gasteiger partial charge >= 0.3 is 12.8 Å². The Labute approximate surface area is 142 Å². The smallest absolute Gasteiger partial charge is 0.418 e. The first-order valence-electron chi connectivity index (χ1n) is 7.03. The van der Waals surface area contributed by atoms with Gasteiger partial charge in [0, 0.05) is 17.0 Å². The second-order valence-corrected chi connectivity index (χ2v) is 7.12. The van der Waals surface area contributed by atoms with Crippen LogP contribution in [0.25, 0.3) is 20.5 Å². The van der Waals surface area contributed by atoms with E-state index in [1.807, 2.05) is 19.1 Å². The van der Waals surface area contributed by atoms with E-state index in [-0.39, 0.29) is 0 Å². The van der Waals surface area contributed by atoms with Crippen molar-refractivity contribution in [1.29, 1.82) is 0 Å². The number of thiophene rings is 1. The predicted octanol–water partition coefficient (Wildman–Crippen LogP) is 7.34. The summed E-state index contributed by atoms with van der Waals surface area (Å²) in [7, 11) is -7.86. The highest BCUT2D eigenvalue weighted by atomic mass is 32.2. The highest BCUT2D eigenvalue weighted by Gasteiger charge is 2.48. The second kappa shape index (κ2) is 7.07. The van der Waals surface area contributed by atoms with Gasteiger partial charge in [0.05, 0.1) is 0 Å². The molecule has 0 aliphatic carbocycles. The van der Waals surface area contributed by atoms with Crippen LogP contribution in [0, 0.1) is 6.92 Å². The zero-order valence-electron chi connectivity index (χ0n) is 12.8. The van der Waals surface area contributed by atoms with Crippen LogP contribution in [0.15, 0.2) is 54.6 Å². The standard InChI is InChI=1S/C16H12F3S.BF4/c1-11-5-4-7-12(9-11)15-10-13-6-2-3-8-14(13)20(15)16(17,18)19;2-1(3,4)5/h2-10H,1H3;/q+1;-1. The molecule has 134 valence electrons. The Hall–Kier alpha value is -2.03. The van der Waals surface area contributed by atoms with Crippen LogP contribution in [0.4, 0.5) is 30.4 Å². The van der Waals surface area contributed by atoms with Crippen molar-refractivity contribution < 1.29 is 30.4 Å². The molecule has 0 radical (unpaired) electrons. The van der Waals surface area contributed by atoms with Gasteiger partial charge in [-0.05, 0) is 31.2 Å². The number of hydrogen-bond donors (Lipinski definition) is 0. The van der Waals surface area contributed by atoms with Crippen LogP contribution in [-0.4, -0.2) is 7.25 Å². The maximum Gasteiger partial charge on any atom is 0.673 e.